The Morgan fingerprint density at radius 3 is 2.88 bits per heavy atom. The summed E-state index contributed by atoms with van der Waals surface area (Å²) in [5.74, 6) is 0.0739. The Kier molecular flexibility index (Phi) is 4.01. The van der Waals surface area contributed by atoms with Gasteiger partial charge in [-0.2, -0.15) is 0 Å². The highest BCUT2D eigenvalue weighted by atomic mass is 79.9. The molecule has 94 valence electrons. The number of halogens is 2. The van der Waals surface area contributed by atoms with Crippen LogP contribution in [-0.2, 0) is 4.74 Å². The summed E-state index contributed by atoms with van der Waals surface area (Å²) in [4.78, 5) is 0. The number of aliphatic hydroxyl groups excluding tert-OH is 1. The van der Waals surface area contributed by atoms with E-state index in [9.17, 15) is 9.50 Å². The van der Waals surface area contributed by atoms with Crippen LogP contribution in [0.5, 0.6) is 5.75 Å². The van der Waals surface area contributed by atoms with Gasteiger partial charge in [0.05, 0.1) is 19.3 Å². The summed E-state index contributed by atoms with van der Waals surface area (Å²) in [6, 6.07) is 3.02. The van der Waals surface area contributed by atoms with Crippen molar-refractivity contribution in [2.24, 2.45) is 0 Å². The monoisotopic (exact) mass is 304 g/mol. The summed E-state index contributed by atoms with van der Waals surface area (Å²) < 4.78 is 25.0. The van der Waals surface area contributed by atoms with Crippen molar-refractivity contribution in [3.63, 3.8) is 0 Å². The van der Waals surface area contributed by atoms with E-state index in [-0.39, 0.29) is 5.82 Å². The summed E-state index contributed by atoms with van der Waals surface area (Å²) in [6.45, 7) is 0.448. The third-order valence-corrected chi connectivity index (χ3v) is 3.52. The normalized spacial score (nSPS) is 24.7. The van der Waals surface area contributed by atoms with E-state index in [1.807, 2.05) is 0 Å². The zero-order chi connectivity index (χ0) is 12.4. The second-order valence-corrected chi connectivity index (χ2v) is 4.90. The number of hydrogen-bond donors (Lipinski definition) is 1. The number of rotatable bonds is 2. The van der Waals surface area contributed by atoms with Crippen molar-refractivity contribution in [1.29, 1.82) is 0 Å². The van der Waals surface area contributed by atoms with Crippen molar-refractivity contribution in [2.45, 2.75) is 25.0 Å². The molecule has 2 rings (SSSR count). The van der Waals surface area contributed by atoms with Gasteiger partial charge in [0.15, 0.2) is 0 Å². The Balaban J connectivity index is 2.31. The van der Waals surface area contributed by atoms with Crippen LogP contribution < -0.4 is 4.74 Å². The zero-order valence-electron chi connectivity index (χ0n) is 9.45. The van der Waals surface area contributed by atoms with Gasteiger partial charge in [-0.1, -0.05) is 15.9 Å². The van der Waals surface area contributed by atoms with Crippen LogP contribution in [0.1, 0.15) is 24.5 Å². The van der Waals surface area contributed by atoms with Gasteiger partial charge in [-0.05, 0) is 12.5 Å². The predicted octanol–water partition coefficient (Wildman–Crippen LogP) is 2.81. The minimum atomic E-state index is -0.429. The number of benzene rings is 1. The topological polar surface area (TPSA) is 38.7 Å². The highest BCUT2D eigenvalue weighted by Crippen LogP contribution is 2.36. The molecule has 5 heteroatoms. The molecule has 0 aliphatic carbocycles. The number of hydrogen-bond acceptors (Lipinski definition) is 3. The molecule has 0 saturated carbocycles. The lowest BCUT2D eigenvalue weighted by Crippen LogP contribution is -2.24. The van der Waals surface area contributed by atoms with E-state index in [0.717, 1.165) is 0 Å². The minimum Gasteiger partial charge on any atom is -0.497 e. The number of ether oxygens (including phenoxy) is 2. The van der Waals surface area contributed by atoms with Crippen LogP contribution in [0.15, 0.2) is 16.6 Å². The molecule has 17 heavy (non-hydrogen) atoms. The predicted molar refractivity (Wildman–Crippen MR) is 64.6 cm³/mol. The van der Waals surface area contributed by atoms with Crippen LogP contribution in [0, 0.1) is 5.82 Å². The van der Waals surface area contributed by atoms with Crippen molar-refractivity contribution in [3.8, 4) is 5.75 Å². The van der Waals surface area contributed by atoms with Gasteiger partial charge in [0.25, 0.3) is 0 Å². The highest BCUT2D eigenvalue weighted by Gasteiger charge is 2.27. The van der Waals surface area contributed by atoms with Gasteiger partial charge >= 0.3 is 0 Å². The van der Waals surface area contributed by atoms with E-state index in [2.05, 4.69) is 15.9 Å². The molecular weight excluding hydrogens is 291 g/mol. The maximum atomic E-state index is 13.9. The van der Waals surface area contributed by atoms with Gasteiger partial charge in [-0.3, -0.25) is 0 Å². The summed E-state index contributed by atoms with van der Waals surface area (Å²) in [5, 5.41) is 9.58. The molecule has 1 N–H and O–H groups in total. The van der Waals surface area contributed by atoms with Gasteiger partial charge in [0, 0.05) is 29.1 Å². The van der Waals surface area contributed by atoms with E-state index in [1.165, 1.54) is 13.2 Å². The molecule has 0 bridgehead atoms. The fourth-order valence-corrected chi connectivity index (χ4v) is 2.64. The van der Waals surface area contributed by atoms with Gasteiger partial charge in [0.2, 0.25) is 0 Å². The van der Waals surface area contributed by atoms with Crippen molar-refractivity contribution in [3.05, 3.63) is 28.0 Å². The molecule has 1 aromatic rings. The number of methoxy groups -OCH3 is 1. The van der Waals surface area contributed by atoms with Crippen molar-refractivity contribution < 1.29 is 19.0 Å². The molecule has 2 atom stereocenters. The fourth-order valence-electron chi connectivity index (χ4n) is 1.97. The Morgan fingerprint density at radius 1 is 1.53 bits per heavy atom. The smallest absolute Gasteiger partial charge is 0.133 e. The first-order chi connectivity index (χ1) is 8.11. The van der Waals surface area contributed by atoms with Crippen LogP contribution in [0.3, 0.4) is 0 Å². The third kappa shape index (κ3) is 2.78. The fraction of sp³-hybridized carbons (Fsp3) is 0.500. The van der Waals surface area contributed by atoms with E-state index < -0.39 is 12.2 Å². The van der Waals surface area contributed by atoms with E-state index in [4.69, 9.17) is 9.47 Å². The van der Waals surface area contributed by atoms with Crippen molar-refractivity contribution in [2.75, 3.05) is 13.7 Å². The molecule has 1 aliphatic heterocycles. The van der Waals surface area contributed by atoms with Crippen LogP contribution in [-0.4, -0.2) is 24.9 Å². The Bertz CT molecular complexity index is 388. The average molecular weight is 305 g/mol. The summed E-state index contributed by atoms with van der Waals surface area (Å²) in [7, 11) is 1.49. The highest BCUT2D eigenvalue weighted by molar-refractivity contribution is 9.10. The molecule has 1 aliphatic rings. The second-order valence-electron chi connectivity index (χ2n) is 4.04. The Morgan fingerprint density at radius 2 is 2.29 bits per heavy atom. The first-order valence-electron chi connectivity index (χ1n) is 5.44. The molecule has 0 aromatic heterocycles. The Hall–Kier alpha value is -0.650. The summed E-state index contributed by atoms with van der Waals surface area (Å²) in [5.41, 5.74) is 0.449. The molecule has 2 unspecified atom stereocenters. The lowest BCUT2D eigenvalue weighted by atomic mass is 9.99. The Labute approximate surface area is 108 Å². The molecule has 1 saturated heterocycles. The summed E-state index contributed by atoms with van der Waals surface area (Å²) >= 11 is 3.31. The lowest BCUT2D eigenvalue weighted by Gasteiger charge is -2.27. The second kappa shape index (κ2) is 5.33. The van der Waals surface area contributed by atoms with Crippen molar-refractivity contribution in [1.82, 2.24) is 0 Å². The molecule has 1 fully saturated rings. The molecule has 0 spiro atoms. The molecule has 3 nitrogen and oxygen atoms in total. The first kappa shape index (κ1) is 12.8. The zero-order valence-corrected chi connectivity index (χ0v) is 11.0. The average Bonchev–Trinajstić information content (AvgIpc) is 2.28. The number of aliphatic hydroxyl groups is 1. The molecule has 0 amide bonds. The van der Waals surface area contributed by atoms with E-state index in [0.29, 0.717) is 35.2 Å². The lowest BCUT2D eigenvalue weighted by molar-refractivity contribution is -0.0464. The molecular formula is C12H14BrFO3. The van der Waals surface area contributed by atoms with Gasteiger partial charge in [0.1, 0.15) is 11.6 Å². The summed E-state index contributed by atoms with van der Waals surface area (Å²) in [6.07, 6.45) is 0.189. The maximum Gasteiger partial charge on any atom is 0.133 e. The van der Waals surface area contributed by atoms with Crippen LogP contribution >= 0.6 is 15.9 Å². The van der Waals surface area contributed by atoms with Crippen LogP contribution in [0.4, 0.5) is 4.39 Å². The standard InChI is InChI=1S/C12H14BrFO3/c1-16-8-5-9(13)12(10(14)6-8)11-4-7(15)2-3-17-11/h5-7,11,15H,2-4H2,1H3. The van der Waals surface area contributed by atoms with Gasteiger partial charge < -0.3 is 14.6 Å². The SMILES string of the molecule is COc1cc(F)c(C2CC(O)CCO2)c(Br)c1. The molecule has 1 heterocycles. The van der Waals surface area contributed by atoms with Gasteiger partial charge in [-0.25, -0.2) is 4.39 Å². The maximum absolute atomic E-state index is 13.9. The van der Waals surface area contributed by atoms with E-state index in [1.54, 1.807) is 6.07 Å². The van der Waals surface area contributed by atoms with Crippen LogP contribution in [0.2, 0.25) is 0 Å². The quantitative estimate of drug-likeness (QED) is 0.913. The first-order valence-corrected chi connectivity index (χ1v) is 6.23. The van der Waals surface area contributed by atoms with Crippen LogP contribution in [0.25, 0.3) is 0 Å². The molecule has 0 radical (unpaired) electrons. The van der Waals surface area contributed by atoms with E-state index >= 15 is 0 Å². The third-order valence-electron chi connectivity index (χ3n) is 2.87. The molecule has 1 aromatic carbocycles. The largest absolute Gasteiger partial charge is 0.497 e. The minimum absolute atomic E-state index is 0.379. The van der Waals surface area contributed by atoms with Crippen molar-refractivity contribution >= 4 is 15.9 Å². The van der Waals surface area contributed by atoms with Gasteiger partial charge in [-0.15, -0.1) is 0 Å².